The van der Waals surface area contributed by atoms with Crippen molar-refractivity contribution >= 4 is 0 Å². The van der Waals surface area contributed by atoms with Gasteiger partial charge >= 0.3 is 0 Å². The lowest BCUT2D eigenvalue weighted by molar-refractivity contribution is 0.113. The first-order valence-electron chi connectivity index (χ1n) is 5.51. The molecule has 0 aromatic carbocycles. The van der Waals surface area contributed by atoms with Crippen LogP contribution in [0.3, 0.4) is 0 Å². The second-order valence-corrected chi connectivity index (χ2v) is 4.22. The summed E-state index contributed by atoms with van der Waals surface area (Å²) in [6.07, 6.45) is 5.24. The zero-order valence-electron chi connectivity index (χ0n) is 9.36. The van der Waals surface area contributed by atoms with Crippen LogP contribution in [0.15, 0.2) is 18.5 Å². The van der Waals surface area contributed by atoms with Crippen LogP contribution in [0.4, 0.5) is 0 Å². The number of rotatable bonds is 3. The van der Waals surface area contributed by atoms with E-state index < -0.39 is 0 Å². The summed E-state index contributed by atoms with van der Waals surface area (Å²) in [5, 5.41) is 3.51. The molecular weight excluding hydrogens is 188 g/mol. The van der Waals surface area contributed by atoms with Crippen LogP contribution in [0.2, 0.25) is 0 Å². The van der Waals surface area contributed by atoms with Gasteiger partial charge in [0.25, 0.3) is 0 Å². The van der Waals surface area contributed by atoms with Crippen molar-refractivity contribution in [2.24, 2.45) is 0 Å². The molecule has 2 rings (SSSR count). The zero-order chi connectivity index (χ0) is 10.7. The van der Waals surface area contributed by atoms with Crippen molar-refractivity contribution in [2.45, 2.75) is 39.0 Å². The minimum absolute atomic E-state index is 0.336. The van der Waals surface area contributed by atoms with Crippen molar-refractivity contribution in [3.05, 3.63) is 29.6 Å². The highest BCUT2D eigenvalue weighted by molar-refractivity contribution is 5.16. The van der Waals surface area contributed by atoms with Crippen molar-refractivity contribution in [3.63, 3.8) is 0 Å². The molecule has 1 saturated heterocycles. The van der Waals surface area contributed by atoms with Crippen molar-refractivity contribution in [2.75, 3.05) is 6.61 Å². The first-order valence-corrected chi connectivity index (χ1v) is 5.51. The fraction of sp³-hybridized carbons (Fsp3) is 0.583. The molecule has 1 N–H and O–H groups in total. The number of nitrogens with zero attached hydrogens (tertiary/aromatic N) is 1. The molecule has 0 aliphatic carbocycles. The lowest BCUT2D eigenvalue weighted by Crippen LogP contribution is -2.34. The average molecular weight is 206 g/mol. The van der Waals surface area contributed by atoms with E-state index in [1.54, 1.807) is 0 Å². The van der Waals surface area contributed by atoms with Crippen LogP contribution < -0.4 is 5.32 Å². The summed E-state index contributed by atoms with van der Waals surface area (Å²) in [5.41, 5.74) is 2.46. The predicted molar refractivity (Wildman–Crippen MR) is 59.6 cm³/mol. The van der Waals surface area contributed by atoms with Gasteiger partial charge in [-0.25, -0.2) is 0 Å². The van der Waals surface area contributed by atoms with E-state index in [0.717, 1.165) is 19.6 Å². The Morgan fingerprint density at radius 3 is 3.07 bits per heavy atom. The normalized spacial score (nSPS) is 25.7. The summed E-state index contributed by atoms with van der Waals surface area (Å²) in [5.74, 6) is 0. The molecular formula is C12H18N2O. The van der Waals surface area contributed by atoms with E-state index in [2.05, 4.69) is 30.2 Å². The van der Waals surface area contributed by atoms with Crippen LogP contribution in [0, 0.1) is 6.92 Å². The lowest BCUT2D eigenvalue weighted by Gasteiger charge is -2.15. The Morgan fingerprint density at radius 1 is 1.53 bits per heavy atom. The van der Waals surface area contributed by atoms with Crippen LogP contribution >= 0.6 is 0 Å². The van der Waals surface area contributed by atoms with Gasteiger partial charge in [0.1, 0.15) is 0 Å². The van der Waals surface area contributed by atoms with Crippen LogP contribution in [0.25, 0.3) is 0 Å². The molecule has 1 aromatic rings. The molecule has 82 valence electrons. The Hall–Kier alpha value is -0.930. The lowest BCUT2D eigenvalue weighted by atomic mass is 10.1. The monoisotopic (exact) mass is 206 g/mol. The third kappa shape index (κ3) is 2.76. The minimum atomic E-state index is 0.336. The van der Waals surface area contributed by atoms with Crippen LogP contribution in [0.5, 0.6) is 0 Å². The van der Waals surface area contributed by atoms with Crippen LogP contribution in [-0.4, -0.2) is 23.7 Å². The molecule has 0 amide bonds. The number of aryl methyl sites for hydroxylation is 1. The molecule has 15 heavy (non-hydrogen) atoms. The smallest absolute Gasteiger partial charge is 0.0700 e. The molecule has 0 saturated carbocycles. The first-order chi connectivity index (χ1) is 7.25. The fourth-order valence-corrected chi connectivity index (χ4v) is 1.96. The topological polar surface area (TPSA) is 34.2 Å². The average Bonchev–Trinajstić information content (AvgIpc) is 2.61. The van der Waals surface area contributed by atoms with E-state index in [4.69, 9.17) is 4.74 Å². The molecule has 0 radical (unpaired) electrons. The van der Waals surface area contributed by atoms with Crippen LogP contribution in [-0.2, 0) is 11.3 Å². The van der Waals surface area contributed by atoms with E-state index in [1.807, 2.05) is 12.4 Å². The number of ether oxygens (including phenoxy) is 1. The van der Waals surface area contributed by atoms with Crippen molar-refractivity contribution in [1.82, 2.24) is 10.3 Å². The highest BCUT2D eigenvalue weighted by atomic mass is 16.5. The first kappa shape index (κ1) is 10.6. The molecule has 1 aliphatic rings. The Morgan fingerprint density at radius 2 is 2.40 bits per heavy atom. The zero-order valence-corrected chi connectivity index (χ0v) is 9.36. The number of nitrogens with one attached hydrogen (secondary N) is 1. The van der Waals surface area contributed by atoms with Gasteiger partial charge in [-0.15, -0.1) is 0 Å². The summed E-state index contributed by atoms with van der Waals surface area (Å²) in [6.45, 7) is 5.95. The van der Waals surface area contributed by atoms with E-state index in [9.17, 15) is 0 Å². The Kier molecular flexibility index (Phi) is 3.34. The largest absolute Gasteiger partial charge is 0.377 e. The number of aromatic nitrogens is 1. The third-order valence-corrected chi connectivity index (χ3v) is 2.88. The van der Waals surface area contributed by atoms with Crippen molar-refractivity contribution in [3.8, 4) is 0 Å². The molecule has 1 aromatic heterocycles. The van der Waals surface area contributed by atoms with E-state index in [0.29, 0.717) is 12.1 Å². The minimum Gasteiger partial charge on any atom is -0.377 e. The standard InChI is InChI=1S/C12H18N2O/c1-9-5-11(7-13-6-9)8-14-12-3-4-15-10(12)2/h5-7,10,12,14H,3-4,8H2,1-2H3. The summed E-state index contributed by atoms with van der Waals surface area (Å²) in [6, 6.07) is 2.66. The maximum absolute atomic E-state index is 5.50. The third-order valence-electron chi connectivity index (χ3n) is 2.88. The summed E-state index contributed by atoms with van der Waals surface area (Å²) >= 11 is 0. The van der Waals surface area contributed by atoms with E-state index in [-0.39, 0.29) is 0 Å². The molecule has 1 aliphatic heterocycles. The van der Waals surface area contributed by atoms with Gasteiger partial charge in [0, 0.05) is 31.6 Å². The maximum atomic E-state index is 5.50. The summed E-state index contributed by atoms with van der Waals surface area (Å²) in [7, 11) is 0. The molecule has 3 nitrogen and oxygen atoms in total. The van der Waals surface area contributed by atoms with Gasteiger partial charge in [0.05, 0.1) is 6.10 Å². The fourth-order valence-electron chi connectivity index (χ4n) is 1.96. The SMILES string of the molecule is Cc1cncc(CNC2CCOC2C)c1. The molecule has 2 unspecified atom stereocenters. The van der Waals surface area contributed by atoms with Gasteiger partial charge in [-0.05, 0) is 31.4 Å². The van der Waals surface area contributed by atoms with Crippen LogP contribution in [0.1, 0.15) is 24.5 Å². The van der Waals surface area contributed by atoms with Gasteiger partial charge < -0.3 is 10.1 Å². The molecule has 0 spiro atoms. The molecule has 0 bridgehead atoms. The Balaban J connectivity index is 1.87. The van der Waals surface area contributed by atoms with Crippen molar-refractivity contribution < 1.29 is 4.74 Å². The van der Waals surface area contributed by atoms with E-state index in [1.165, 1.54) is 11.1 Å². The quantitative estimate of drug-likeness (QED) is 0.816. The Labute approximate surface area is 90.9 Å². The predicted octanol–water partition coefficient (Wildman–Crippen LogP) is 1.66. The molecule has 2 atom stereocenters. The van der Waals surface area contributed by atoms with E-state index >= 15 is 0 Å². The summed E-state index contributed by atoms with van der Waals surface area (Å²) < 4.78 is 5.50. The molecule has 1 fully saturated rings. The van der Waals surface area contributed by atoms with Gasteiger partial charge in [0.2, 0.25) is 0 Å². The second-order valence-electron chi connectivity index (χ2n) is 4.22. The summed E-state index contributed by atoms with van der Waals surface area (Å²) in [4.78, 5) is 4.18. The van der Waals surface area contributed by atoms with Gasteiger partial charge in [-0.2, -0.15) is 0 Å². The highest BCUT2D eigenvalue weighted by Crippen LogP contribution is 2.13. The van der Waals surface area contributed by atoms with Gasteiger partial charge in [0.15, 0.2) is 0 Å². The Bertz CT molecular complexity index is 327. The van der Waals surface area contributed by atoms with Gasteiger partial charge in [-0.1, -0.05) is 6.07 Å². The molecule has 2 heterocycles. The number of pyridine rings is 1. The molecule has 3 heteroatoms. The second kappa shape index (κ2) is 4.73. The number of hydrogen-bond acceptors (Lipinski definition) is 3. The maximum Gasteiger partial charge on any atom is 0.0700 e. The van der Waals surface area contributed by atoms with Gasteiger partial charge in [-0.3, -0.25) is 4.98 Å². The van der Waals surface area contributed by atoms with Crippen molar-refractivity contribution in [1.29, 1.82) is 0 Å². The highest BCUT2D eigenvalue weighted by Gasteiger charge is 2.23. The number of hydrogen-bond donors (Lipinski definition) is 1.